The van der Waals surface area contributed by atoms with Gasteiger partial charge in [0.2, 0.25) is 15.5 Å². The van der Waals surface area contributed by atoms with Gasteiger partial charge in [0.15, 0.2) is 0 Å². The van der Waals surface area contributed by atoms with Crippen molar-refractivity contribution in [3.63, 3.8) is 0 Å². The first-order valence-corrected chi connectivity index (χ1v) is 6.41. The van der Waals surface area contributed by atoms with Crippen LogP contribution in [0.4, 0.5) is 0 Å². The highest BCUT2D eigenvalue weighted by molar-refractivity contribution is 6.41. The third kappa shape index (κ3) is 2.17. The number of rotatable bonds is 5. The molecule has 3 atom stereocenters. The number of hydrogen-bond donors (Lipinski definition) is 2. The third-order valence-corrected chi connectivity index (χ3v) is 4.66. The lowest BCUT2D eigenvalue weighted by atomic mass is 9.93. The molecule has 1 fully saturated rings. The first-order valence-electron chi connectivity index (χ1n) is 5.65. The van der Waals surface area contributed by atoms with Crippen molar-refractivity contribution in [3.8, 4) is 0 Å². The molecular formula is C11H14Cl2O8. The van der Waals surface area contributed by atoms with E-state index < -0.39 is 46.0 Å². The molecule has 0 aromatic rings. The summed E-state index contributed by atoms with van der Waals surface area (Å²) in [5.74, 6) is -6.61. The average molecular weight is 345 g/mol. The zero-order chi connectivity index (χ0) is 16.6. The lowest BCUT2D eigenvalue weighted by molar-refractivity contribution is -0.243. The van der Waals surface area contributed by atoms with E-state index in [0.717, 1.165) is 21.1 Å². The highest BCUT2D eigenvalue weighted by Crippen LogP contribution is 2.57. The molecule has 2 N–H and O–H groups in total. The van der Waals surface area contributed by atoms with Crippen LogP contribution in [0.1, 0.15) is 13.3 Å². The van der Waals surface area contributed by atoms with Crippen LogP contribution in [0, 0.1) is 0 Å². The van der Waals surface area contributed by atoms with Crippen molar-refractivity contribution in [2.24, 2.45) is 0 Å². The van der Waals surface area contributed by atoms with Gasteiger partial charge in [0.25, 0.3) is 0 Å². The summed E-state index contributed by atoms with van der Waals surface area (Å²) in [7, 11) is 2.00. The van der Waals surface area contributed by atoms with Gasteiger partial charge in [-0.05, 0) is 0 Å². The largest absolute Gasteiger partial charge is 0.480 e. The molecule has 1 saturated carbocycles. The first kappa shape index (κ1) is 18.0. The summed E-state index contributed by atoms with van der Waals surface area (Å²) in [5.41, 5.74) is 0. The average Bonchev–Trinajstić information content (AvgIpc) is 2.57. The van der Waals surface area contributed by atoms with Crippen LogP contribution in [0.15, 0.2) is 0 Å². The molecule has 0 saturated heterocycles. The van der Waals surface area contributed by atoms with Crippen molar-refractivity contribution in [3.05, 3.63) is 0 Å². The van der Waals surface area contributed by atoms with Crippen LogP contribution in [0.5, 0.6) is 0 Å². The molecule has 0 bridgehead atoms. The molecule has 120 valence electrons. The Morgan fingerprint density at radius 2 is 1.57 bits per heavy atom. The lowest BCUT2D eigenvalue weighted by Crippen LogP contribution is -2.67. The van der Waals surface area contributed by atoms with Crippen molar-refractivity contribution in [2.45, 2.75) is 35.0 Å². The number of halogens is 2. The Kier molecular flexibility index (Phi) is 4.79. The van der Waals surface area contributed by atoms with Gasteiger partial charge in [-0.15, -0.1) is 11.6 Å². The summed E-state index contributed by atoms with van der Waals surface area (Å²) in [6.45, 7) is 1.02. The molecule has 0 aliphatic heterocycles. The number of carbonyl (C=O) groups excluding carboxylic acids is 1. The van der Waals surface area contributed by atoms with E-state index in [1.54, 1.807) is 0 Å². The minimum atomic E-state index is -2.54. The van der Waals surface area contributed by atoms with Gasteiger partial charge in [0.1, 0.15) is 6.10 Å². The van der Waals surface area contributed by atoms with E-state index in [2.05, 4.69) is 0 Å². The second kappa shape index (κ2) is 5.60. The number of carboxylic acids is 2. The maximum atomic E-state index is 11.6. The molecule has 1 aliphatic rings. The molecular weight excluding hydrogens is 331 g/mol. The quantitative estimate of drug-likeness (QED) is 0.418. The maximum absolute atomic E-state index is 11.6. The molecule has 0 aromatic heterocycles. The summed E-state index contributed by atoms with van der Waals surface area (Å²) >= 11 is 12.1. The van der Waals surface area contributed by atoms with Crippen LogP contribution in [0.25, 0.3) is 0 Å². The molecule has 0 heterocycles. The van der Waals surface area contributed by atoms with Crippen molar-refractivity contribution >= 4 is 41.1 Å². The van der Waals surface area contributed by atoms with Crippen LogP contribution in [-0.2, 0) is 28.6 Å². The highest BCUT2D eigenvalue weighted by atomic mass is 35.5. The predicted molar refractivity (Wildman–Crippen MR) is 69.4 cm³/mol. The predicted octanol–water partition coefficient (Wildman–Crippen LogP) is 0.435. The van der Waals surface area contributed by atoms with Crippen LogP contribution >= 0.6 is 23.2 Å². The Morgan fingerprint density at radius 3 is 1.86 bits per heavy atom. The van der Waals surface area contributed by atoms with Crippen LogP contribution in [-0.4, -0.2) is 64.0 Å². The first-order chi connectivity index (χ1) is 9.53. The molecule has 0 aromatic carbocycles. The number of esters is 1. The fourth-order valence-electron chi connectivity index (χ4n) is 2.56. The highest BCUT2D eigenvalue weighted by Gasteiger charge is 2.81. The van der Waals surface area contributed by atoms with E-state index in [1.165, 1.54) is 0 Å². The minimum absolute atomic E-state index is 0.610. The van der Waals surface area contributed by atoms with Crippen LogP contribution in [0.3, 0.4) is 0 Å². The number of carboxylic acid groups (broad SMARTS) is 2. The zero-order valence-electron chi connectivity index (χ0n) is 11.4. The van der Waals surface area contributed by atoms with Gasteiger partial charge in [-0.1, -0.05) is 11.6 Å². The van der Waals surface area contributed by atoms with Gasteiger partial charge in [-0.25, -0.2) is 4.79 Å². The Hall–Kier alpha value is -1.09. The monoisotopic (exact) mass is 344 g/mol. The Labute approximate surface area is 129 Å². The topological polar surface area (TPSA) is 119 Å². The number of aliphatic carboxylic acids is 2. The zero-order valence-corrected chi connectivity index (χ0v) is 12.9. The van der Waals surface area contributed by atoms with Crippen molar-refractivity contribution in [1.82, 2.24) is 0 Å². The molecule has 1 rings (SSSR count). The summed E-state index contributed by atoms with van der Waals surface area (Å²) in [5, 5.41) is 18.8. The molecule has 0 amide bonds. The van der Waals surface area contributed by atoms with E-state index in [1.807, 2.05) is 0 Å². The van der Waals surface area contributed by atoms with Gasteiger partial charge in [-0.2, -0.15) is 0 Å². The number of carbonyl (C=O) groups is 3. The van der Waals surface area contributed by atoms with Gasteiger partial charge >= 0.3 is 17.9 Å². The second-order valence-electron chi connectivity index (χ2n) is 4.45. The van der Waals surface area contributed by atoms with Gasteiger partial charge < -0.3 is 24.4 Å². The summed E-state index contributed by atoms with van der Waals surface area (Å²) < 4.78 is 14.8. The summed E-state index contributed by atoms with van der Waals surface area (Å²) in [4.78, 5) is 29.4. The van der Waals surface area contributed by atoms with E-state index in [0.29, 0.717) is 0 Å². The smallest absolute Gasteiger partial charge is 0.334 e. The van der Waals surface area contributed by atoms with E-state index in [-0.39, 0.29) is 0 Å². The lowest BCUT2D eigenvalue weighted by Gasteiger charge is -2.42. The van der Waals surface area contributed by atoms with Crippen molar-refractivity contribution < 1.29 is 38.8 Å². The maximum Gasteiger partial charge on any atom is 0.334 e. The van der Waals surface area contributed by atoms with Crippen LogP contribution < -0.4 is 0 Å². The number of ether oxygens (including phenoxy) is 3. The number of hydrogen-bond acceptors (Lipinski definition) is 6. The molecule has 21 heavy (non-hydrogen) atoms. The molecule has 0 unspecified atom stereocenters. The third-order valence-electron chi connectivity index (χ3n) is 3.44. The van der Waals surface area contributed by atoms with E-state index in [9.17, 15) is 24.6 Å². The van der Waals surface area contributed by atoms with Crippen molar-refractivity contribution in [1.29, 1.82) is 0 Å². The van der Waals surface area contributed by atoms with Crippen LogP contribution in [0.2, 0.25) is 0 Å². The second-order valence-corrected chi connectivity index (χ2v) is 5.69. The molecule has 0 spiro atoms. The Bertz CT molecular complexity index is 477. The SMILES string of the molecule is COC1(OC)[C@@](Cl)(C(=O)O)C[C@@H](OC(C)=O)[C@@]1(Cl)C(=O)O. The summed E-state index contributed by atoms with van der Waals surface area (Å²) in [6, 6.07) is 0. The molecule has 0 radical (unpaired) electrons. The van der Waals surface area contributed by atoms with Crippen molar-refractivity contribution in [2.75, 3.05) is 14.2 Å². The Morgan fingerprint density at radius 1 is 1.10 bits per heavy atom. The van der Waals surface area contributed by atoms with E-state index >= 15 is 0 Å². The summed E-state index contributed by atoms with van der Waals surface area (Å²) in [6.07, 6.45) is -2.18. The number of methoxy groups -OCH3 is 2. The van der Waals surface area contributed by atoms with Gasteiger partial charge in [0.05, 0.1) is 0 Å². The van der Waals surface area contributed by atoms with E-state index in [4.69, 9.17) is 37.4 Å². The molecule has 10 heteroatoms. The fourth-order valence-corrected chi connectivity index (χ4v) is 3.49. The molecule has 1 aliphatic carbocycles. The minimum Gasteiger partial charge on any atom is -0.480 e. The van der Waals surface area contributed by atoms with Gasteiger partial charge in [0, 0.05) is 27.6 Å². The Balaban J connectivity index is 3.60. The number of alkyl halides is 2. The normalized spacial score (nSPS) is 34.4. The molecule has 8 nitrogen and oxygen atoms in total. The fraction of sp³-hybridized carbons (Fsp3) is 0.727. The standard InChI is InChI=1S/C11H14Cl2O8/c1-5(14)21-6-4-9(12,7(15)16)11(19-2,20-3)10(6,13)8(17)18/h6H,4H2,1-3H3,(H,15,16)(H,17,18)/t6-,9+,10-/m1/s1. The van der Waals surface area contributed by atoms with Gasteiger partial charge in [-0.3, -0.25) is 9.59 Å².